The third kappa shape index (κ3) is 3.43. The van der Waals surface area contributed by atoms with Gasteiger partial charge in [-0.25, -0.2) is 0 Å². The van der Waals surface area contributed by atoms with Gasteiger partial charge in [0.1, 0.15) is 5.75 Å². The molecule has 0 aliphatic rings. The second-order valence-corrected chi connectivity index (χ2v) is 5.31. The van der Waals surface area contributed by atoms with Gasteiger partial charge in [-0.15, -0.1) is 11.3 Å². The predicted molar refractivity (Wildman–Crippen MR) is 68.4 cm³/mol. The minimum atomic E-state index is -0.123. The maximum absolute atomic E-state index is 11.7. The Morgan fingerprint density at radius 2 is 2.18 bits per heavy atom. The minimum absolute atomic E-state index is 0.0567. The molecular formula is C11H7Cl2NO2S. The lowest BCUT2D eigenvalue weighted by Crippen LogP contribution is -2.10. The number of pyridine rings is 1. The number of carbonyl (C=O) groups excluding carboxylic acids is 1. The Morgan fingerprint density at radius 3 is 2.82 bits per heavy atom. The molecule has 3 nitrogen and oxygen atoms in total. The fraction of sp³-hybridized carbons (Fsp3) is 0.0909. The number of ether oxygens (including phenoxy) is 1. The van der Waals surface area contributed by atoms with Crippen molar-refractivity contribution in [3.05, 3.63) is 44.8 Å². The van der Waals surface area contributed by atoms with Crippen LogP contribution in [0.2, 0.25) is 9.36 Å². The van der Waals surface area contributed by atoms with Gasteiger partial charge in [-0.2, -0.15) is 0 Å². The van der Waals surface area contributed by atoms with E-state index in [0.717, 1.165) is 0 Å². The molecule has 0 aromatic carbocycles. The van der Waals surface area contributed by atoms with Crippen molar-refractivity contribution in [2.45, 2.75) is 0 Å². The van der Waals surface area contributed by atoms with Crippen LogP contribution in [0.25, 0.3) is 0 Å². The molecule has 2 aromatic rings. The zero-order chi connectivity index (χ0) is 12.3. The molecule has 0 atom stereocenters. The molecule has 0 aliphatic carbocycles. The summed E-state index contributed by atoms with van der Waals surface area (Å²) in [4.78, 5) is 16.1. The molecule has 0 saturated carbocycles. The number of Topliss-reactive ketones (excluding diaryl/α,β-unsaturated/α-hetero) is 1. The van der Waals surface area contributed by atoms with Crippen molar-refractivity contribution in [2.24, 2.45) is 0 Å². The molecule has 0 amide bonds. The van der Waals surface area contributed by atoms with Crippen molar-refractivity contribution in [1.82, 2.24) is 4.98 Å². The molecule has 2 heterocycles. The monoisotopic (exact) mass is 287 g/mol. The largest absolute Gasteiger partial charge is 0.484 e. The number of halogens is 2. The number of thiophene rings is 1. The van der Waals surface area contributed by atoms with Crippen LogP contribution in [0.3, 0.4) is 0 Å². The summed E-state index contributed by atoms with van der Waals surface area (Å²) in [7, 11) is 0. The Hall–Kier alpha value is -1.10. The maximum atomic E-state index is 11.7. The first-order valence-corrected chi connectivity index (χ1v) is 6.24. The van der Waals surface area contributed by atoms with Crippen LogP contribution in [-0.2, 0) is 0 Å². The van der Waals surface area contributed by atoms with Crippen LogP contribution in [0.4, 0.5) is 0 Å². The summed E-state index contributed by atoms with van der Waals surface area (Å²) in [6.07, 6.45) is 3.00. The first kappa shape index (κ1) is 12.4. The van der Waals surface area contributed by atoms with Crippen LogP contribution < -0.4 is 4.74 Å². The SMILES string of the molecule is O=C(COc1cncc(Cl)c1)c1ccc(Cl)s1. The molecule has 0 unspecified atom stereocenters. The number of rotatable bonds is 4. The molecular weight excluding hydrogens is 281 g/mol. The number of aromatic nitrogens is 1. The highest BCUT2D eigenvalue weighted by Crippen LogP contribution is 2.22. The number of carbonyl (C=O) groups is 1. The van der Waals surface area contributed by atoms with Gasteiger partial charge in [-0.05, 0) is 12.1 Å². The van der Waals surface area contributed by atoms with Crippen LogP contribution in [-0.4, -0.2) is 17.4 Å². The summed E-state index contributed by atoms with van der Waals surface area (Å²) in [5.41, 5.74) is 0. The lowest BCUT2D eigenvalue weighted by atomic mass is 10.3. The fourth-order valence-corrected chi connectivity index (χ4v) is 2.29. The van der Waals surface area contributed by atoms with Gasteiger partial charge >= 0.3 is 0 Å². The van der Waals surface area contributed by atoms with Crippen molar-refractivity contribution < 1.29 is 9.53 Å². The first-order valence-electron chi connectivity index (χ1n) is 4.67. The molecule has 6 heteroatoms. The fourth-order valence-electron chi connectivity index (χ4n) is 1.16. The first-order chi connectivity index (χ1) is 8.15. The van der Waals surface area contributed by atoms with E-state index in [0.29, 0.717) is 20.0 Å². The minimum Gasteiger partial charge on any atom is -0.484 e. The van der Waals surface area contributed by atoms with Crippen LogP contribution in [0.1, 0.15) is 9.67 Å². The van der Waals surface area contributed by atoms with Crippen LogP contribution in [0, 0.1) is 0 Å². The molecule has 0 spiro atoms. The van der Waals surface area contributed by atoms with Gasteiger partial charge in [0.2, 0.25) is 5.78 Å². The summed E-state index contributed by atoms with van der Waals surface area (Å²) >= 11 is 12.7. The van der Waals surface area contributed by atoms with Gasteiger partial charge in [-0.3, -0.25) is 9.78 Å². The highest BCUT2D eigenvalue weighted by atomic mass is 35.5. The van der Waals surface area contributed by atoms with Crippen molar-refractivity contribution in [3.8, 4) is 5.75 Å². The Kier molecular flexibility index (Phi) is 3.99. The van der Waals surface area contributed by atoms with Crippen LogP contribution in [0.5, 0.6) is 5.75 Å². The van der Waals surface area contributed by atoms with E-state index in [1.54, 1.807) is 18.2 Å². The van der Waals surface area contributed by atoms with Gasteiger partial charge < -0.3 is 4.74 Å². The summed E-state index contributed by atoms with van der Waals surface area (Å²) in [5.74, 6) is 0.343. The van der Waals surface area contributed by atoms with Gasteiger partial charge in [-0.1, -0.05) is 23.2 Å². The van der Waals surface area contributed by atoms with Gasteiger partial charge in [0.25, 0.3) is 0 Å². The van der Waals surface area contributed by atoms with Crippen molar-refractivity contribution in [1.29, 1.82) is 0 Å². The van der Waals surface area contributed by atoms with E-state index >= 15 is 0 Å². The van der Waals surface area contributed by atoms with Crippen LogP contribution >= 0.6 is 34.5 Å². The maximum Gasteiger partial charge on any atom is 0.210 e. The summed E-state index contributed by atoms with van der Waals surface area (Å²) < 4.78 is 5.86. The highest BCUT2D eigenvalue weighted by molar-refractivity contribution is 7.18. The standard InChI is InChI=1S/C11H7Cl2NO2S/c12-7-3-8(5-14-4-7)16-6-9(15)10-1-2-11(13)17-10/h1-5H,6H2. The quantitative estimate of drug-likeness (QED) is 0.805. The normalized spacial score (nSPS) is 10.2. The van der Waals surface area contributed by atoms with E-state index in [2.05, 4.69) is 4.98 Å². The number of nitrogens with zero attached hydrogens (tertiary/aromatic N) is 1. The van der Waals surface area contributed by atoms with Crippen molar-refractivity contribution in [2.75, 3.05) is 6.61 Å². The number of hydrogen-bond donors (Lipinski definition) is 0. The second-order valence-electron chi connectivity index (χ2n) is 3.15. The lowest BCUT2D eigenvalue weighted by Gasteiger charge is -2.03. The summed E-state index contributed by atoms with van der Waals surface area (Å²) in [5, 5.41) is 0.467. The Labute approximate surface area is 112 Å². The van der Waals surface area contributed by atoms with E-state index in [-0.39, 0.29) is 12.4 Å². The molecule has 88 valence electrons. The van der Waals surface area contributed by atoms with E-state index in [1.807, 2.05) is 0 Å². The molecule has 0 bridgehead atoms. The Balaban J connectivity index is 1.97. The zero-order valence-electron chi connectivity index (χ0n) is 8.52. The van der Waals surface area contributed by atoms with E-state index in [4.69, 9.17) is 27.9 Å². The Morgan fingerprint density at radius 1 is 1.35 bits per heavy atom. The third-order valence-corrected chi connectivity index (χ3v) is 3.38. The van der Waals surface area contributed by atoms with E-state index in [1.165, 1.54) is 23.7 Å². The Bertz CT molecular complexity index is 542. The zero-order valence-corrected chi connectivity index (χ0v) is 10.9. The van der Waals surface area contributed by atoms with Crippen molar-refractivity contribution in [3.63, 3.8) is 0 Å². The predicted octanol–water partition coefficient (Wildman–Crippen LogP) is 3.71. The smallest absolute Gasteiger partial charge is 0.210 e. The molecule has 17 heavy (non-hydrogen) atoms. The second kappa shape index (κ2) is 5.49. The topological polar surface area (TPSA) is 39.2 Å². The molecule has 2 rings (SSSR count). The summed E-state index contributed by atoms with van der Waals surface area (Å²) in [6.45, 7) is -0.0567. The summed E-state index contributed by atoms with van der Waals surface area (Å²) in [6, 6.07) is 4.96. The average Bonchev–Trinajstić information content (AvgIpc) is 2.73. The van der Waals surface area contributed by atoms with Gasteiger partial charge in [0.15, 0.2) is 6.61 Å². The van der Waals surface area contributed by atoms with E-state index in [9.17, 15) is 4.79 Å². The van der Waals surface area contributed by atoms with Gasteiger partial charge in [0.05, 0.1) is 20.4 Å². The molecule has 0 N–H and O–H groups in total. The number of hydrogen-bond acceptors (Lipinski definition) is 4. The van der Waals surface area contributed by atoms with Crippen molar-refractivity contribution >= 4 is 40.3 Å². The van der Waals surface area contributed by atoms with Gasteiger partial charge in [0, 0.05) is 12.3 Å². The molecule has 0 fully saturated rings. The lowest BCUT2D eigenvalue weighted by molar-refractivity contribution is 0.0925. The highest BCUT2D eigenvalue weighted by Gasteiger charge is 2.09. The molecule has 0 aliphatic heterocycles. The number of ketones is 1. The third-order valence-electron chi connectivity index (χ3n) is 1.90. The van der Waals surface area contributed by atoms with Crippen LogP contribution in [0.15, 0.2) is 30.6 Å². The molecule has 2 aromatic heterocycles. The van der Waals surface area contributed by atoms with E-state index < -0.39 is 0 Å². The molecule has 0 radical (unpaired) electrons. The average molecular weight is 288 g/mol. The molecule has 0 saturated heterocycles.